The zero-order valence-electron chi connectivity index (χ0n) is 15.1. The highest BCUT2D eigenvalue weighted by Gasteiger charge is 2.26. The summed E-state index contributed by atoms with van der Waals surface area (Å²) < 4.78 is 37.2. The van der Waals surface area contributed by atoms with Gasteiger partial charge in [-0.05, 0) is 36.4 Å². The number of carbonyl (C=O) groups excluding carboxylic acids is 1. The van der Waals surface area contributed by atoms with Crippen molar-refractivity contribution < 1.29 is 22.7 Å². The van der Waals surface area contributed by atoms with Gasteiger partial charge in [0, 0.05) is 18.8 Å². The summed E-state index contributed by atoms with van der Waals surface area (Å²) in [6.07, 6.45) is 0.138. The van der Waals surface area contributed by atoms with Crippen molar-refractivity contribution in [3.05, 3.63) is 53.6 Å². The number of anilines is 1. The van der Waals surface area contributed by atoms with Crippen LogP contribution in [0.25, 0.3) is 0 Å². The van der Waals surface area contributed by atoms with Crippen LogP contribution in [-0.2, 0) is 19.6 Å². The van der Waals surface area contributed by atoms with Crippen molar-refractivity contribution in [1.82, 2.24) is 4.31 Å². The molecule has 3 rings (SSSR count). The maximum Gasteiger partial charge on any atom is 0.243 e. The molecular weight excluding hydrogens is 404 g/mol. The molecule has 1 fully saturated rings. The predicted molar refractivity (Wildman–Crippen MR) is 106 cm³/mol. The molecule has 0 aliphatic carbocycles. The van der Waals surface area contributed by atoms with Gasteiger partial charge in [0.25, 0.3) is 0 Å². The summed E-state index contributed by atoms with van der Waals surface area (Å²) in [4.78, 5) is 12.2. The number of rotatable bonds is 7. The molecule has 150 valence electrons. The third-order valence-electron chi connectivity index (χ3n) is 4.17. The van der Waals surface area contributed by atoms with Gasteiger partial charge in [-0.3, -0.25) is 4.79 Å². The van der Waals surface area contributed by atoms with Crippen LogP contribution in [0.1, 0.15) is 6.42 Å². The smallest absolute Gasteiger partial charge is 0.243 e. The van der Waals surface area contributed by atoms with Crippen LogP contribution >= 0.6 is 11.6 Å². The summed E-state index contributed by atoms with van der Waals surface area (Å²) >= 11 is 5.99. The average molecular weight is 425 g/mol. The van der Waals surface area contributed by atoms with E-state index in [2.05, 4.69) is 5.32 Å². The second-order valence-corrected chi connectivity index (χ2v) is 8.46. The third kappa shape index (κ3) is 5.23. The SMILES string of the molecule is O=C(CCOc1ccccc1Cl)Nc1ccc(S(=O)(=O)N2CCOCC2)cc1. The number of halogens is 1. The van der Waals surface area contributed by atoms with E-state index in [0.717, 1.165) is 0 Å². The Balaban J connectivity index is 1.52. The Hall–Kier alpha value is -2.13. The van der Waals surface area contributed by atoms with Crippen molar-refractivity contribution in [2.24, 2.45) is 0 Å². The van der Waals surface area contributed by atoms with Gasteiger partial charge in [-0.15, -0.1) is 0 Å². The fraction of sp³-hybridized carbons (Fsp3) is 0.316. The summed E-state index contributed by atoms with van der Waals surface area (Å²) in [5.41, 5.74) is 0.517. The number of ether oxygens (including phenoxy) is 2. The number of hydrogen-bond donors (Lipinski definition) is 1. The lowest BCUT2D eigenvalue weighted by atomic mass is 10.3. The van der Waals surface area contributed by atoms with Gasteiger partial charge in [-0.25, -0.2) is 8.42 Å². The van der Waals surface area contributed by atoms with Crippen LogP contribution in [0.5, 0.6) is 5.75 Å². The first-order valence-electron chi connectivity index (χ1n) is 8.82. The zero-order chi connectivity index (χ0) is 20.0. The quantitative estimate of drug-likeness (QED) is 0.738. The molecule has 7 nitrogen and oxygen atoms in total. The monoisotopic (exact) mass is 424 g/mol. The van der Waals surface area contributed by atoms with Crippen molar-refractivity contribution in [3.8, 4) is 5.75 Å². The molecule has 1 heterocycles. The molecule has 0 unspecified atom stereocenters. The van der Waals surface area contributed by atoms with Crippen LogP contribution in [0.2, 0.25) is 5.02 Å². The summed E-state index contributed by atoms with van der Waals surface area (Å²) in [5.74, 6) is 0.283. The first-order chi connectivity index (χ1) is 13.5. The number of nitrogens with zero attached hydrogens (tertiary/aromatic N) is 1. The average Bonchev–Trinajstić information content (AvgIpc) is 2.70. The number of amides is 1. The van der Waals surface area contributed by atoms with E-state index in [9.17, 15) is 13.2 Å². The minimum Gasteiger partial charge on any atom is -0.491 e. The van der Waals surface area contributed by atoms with E-state index in [4.69, 9.17) is 21.1 Å². The lowest BCUT2D eigenvalue weighted by Crippen LogP contribution is -2.40. The lowest BCUT2D eigenvalue weighted by molar-refractivity contribution is -0.116. The first kappa shape index (κ1) is 20.6. The number of para-hydroxylation sites is 1. The van der Waals surface area contributed by atoms with E-state index in [1.54, 1.807) is 36.4 Å². The third-order valence-corrected chi connectivity index (χ3v) is 6.39. The van der Waals surface area contributed by atoms with E-state index in [0.29, 0.717) is 42.8 Å². The molecule has 0 atom stereocenters. The Morgan fingerprint density at radius 3 is 2.46 bits per heavy atom. The van der Waals surface area contributed by atoms with Gasteiger partial charge in [0.15, 0.2) is 0 Å². The van der Waals surface area contributed by atoms with Crippen molar-refractivity contribution in [1.29, 1.82) is 0 Å². The maximum atomic E-state index is 12.6. The normalized spacial score (nSPS) is 15.2. The Morgan fingerprint density at radius 2 is 1.79 bits per heavy atom. The first-order valence-corrected chi connectivity index (χ1v) is 10.6. The van der Waals surface area contributed by atoms with Gasteiger partial charge in [0.2, 0.25) is 15.9 Å². The fourth-order valence-corrected chi connectivity index (χ4v) is 4.28. The highest BCUT2D eigenvalue weighted by molar-refractivity contribution is 7.89. The molecule has 1 N–H and O–H groups in total. The van der Waals surface area contributed by atoms with Crippen LogP contribution < -0.4 is 10.1 Å². The van der Waals surface area contributed by atoms with Crippen molar-refractivity contribution in [3.63, 3.8) is 0 Å². The standard InChI is InChI=1S/C19H21ClN2O5S/c20-17-3-1-2-4-18(17)27-12-9-19(23)21-15-5-7-16(8-6-15)28(24,25)22-10-13-26-14-11-22/h1-8H,9-14H2,(H,21,23). The Labute approximate surface area is 169 Å². The van der Waals surface area contributed by atoms with E-state index in [1.165, 1.54) is 16.4 Å². The van der Waals surface area contributed by atoms with Gasteiger partial charge in [-0.1, -0.05) is 23.7 Å². The van der Waals surface area contributed by atoms with E-state index >= 15 is 0 Å². The molecule has 0 radical (unpaired) electrons. The molecule has 0 spiro atoms. The number of morpholine rings is 1. The number of nitrogens with one attached hydrogen (secondary N) is 1. The Bertz CT molecular complexity index is 912. The molecular formula is C19H21ClN2O5S. The molecule has 1 aliphatic rings. The number of sulfonamides is 1. The van der Waals surface area contributed by atoms with Crippen LogP contribution in [0.4, 0.5) is 5.69 Å². The van der Waals surface area contributed by atoms with E-state index in [-0.39, 0.29) is 23.8 Å². The molecule has 0 aromatic heterocycles. The minimum atomic E-state index is -3.55. The number of hydrogen-bond acceptors (Lipinski definition) is 5. The fourth-order valence-electron chi connectivity index (χ4n) is 2.69. The Kier molecular flexibility index (Phi) is 6.90. The largest absolute Gasteiger partial charge is 0.491 e. The zero-order valence-corrected chi connectivity index (χ0v) is 16.7. The molecule has 1 amide bonds. The van der Waals surface area contributed by atoms with Gasteiger partial charge in [0.05, 0.1) is 36.2 Å². The molecule has 1 aliphatic heterocycles. The van der Waals surface area contributed by atoms with Crippen molar-refractivity contribution >= 4 is 33.2 Å². The molecule has 28 heavy (non-hydrogen) atoms. The van der Waals surface area contributed by atoms with Crippen LogP contribution in [0.15, 0.2) is 53.4 Å². The van der Waals surface area contributed by atoms with Gasteiger partial charge in [0.1, 0.15) is 5.75 Å². The van der Waals surface area contributed by atoms with E-state index < -0.39 is 10.0 Å². The van der Waals surface area contributed by atoms with Crippen molar-refractivity contribution in [2.45, 2.75) is 11.3 Å². The summed E-state index contributed by atoms with van der Waals surface area (Å²) in [6, 6.07) is 13.2. The molecule has 0 saturated carbocycles. The lowest BCUT2D eigenvalue weighted by Gasteiger charge is -2.26. The van der Waals surface area contributed by atoms with Crippen LogP contribution in [0, 0.1) is 0 Å². The maximum absolute atomic E-state index is 12.6. The summed E-state index contributed by atoms with van der Waals surface area (Å²) in [7, 11) is -3.55. The highest BCUT2D eigenvalue weighted by Crippen LogP contribution is 2.23. The number of carbonyl (C=O) groups is 1. The topological polar surface area (TPSA) is 84.9 Å². The molecule has 1 saturated heterocycles. The van der Waals surface area contributed by atoms with E-state index in [1.807, 2.05) is 0 Å². The Morgan fingerprint density at radius 1 is 1.11 bits per heavy atom. The molecule has 0 bridgehead atoms. The number of benzene rings is 2. The molecule has 2 aromatic rings. The second kappa shape index (κ2) is 9.38. The van der Waals surface area contributed by atoms with Gasteiger partial charge in [-0.2, -0.15) is 4.31 Å². The summed E-state index contributed by atoms with van der Waals surface area (Å²) in [6.45, 7) is 1.64. The summed E-state index contributed by atoms with van der Waals surface area (Å²) in [5, 5.41) is 3.21. The highest BCUT2D eigenvalue weighted by atomic mass is 35.5. The minimum absolute atomic E-state index is 0.138. The predicted octanol–water partition coefficient (Wildman–Crippen LogP) is 2.77. The van der Waals surface area contributed by atoms with Gasteiger partial charge >= 0.3 is 0 Å². The molecule has 9 heteroatoms. The van der Waals surface area contributed by atoms with Gasteiger partial charge < -0.3 is 14.8 Å². The molecule has 2 aromatic carbocycles. The second-order valence-electron chi connectivity index (χ2n) is 6.12. The van der Waals surface area contributed by atoms with Crippen molar-refractivity contribution in [2.75, 3.05) is 38.2 Å². The van der Waals surface area contributed by atoms with Crippen LogP contribution in [0.3, 0.4) is 0 Å². The van der Waals surface area contributed by atoms with Crippen LogP contribution in [-0.4, -0.2) is 51.5 Å².